The minimum absolute atomic E-state index is 0.00849. The second-order valence-electron chi connectivity index (χ2n) is 6.59. The zero-order chi connectivity index (χ0) is 20.7. The number of rotatable bonds is 7. The average Bonchev–Trinajstić information content (AvgIpc) is 2.77. The molecule has 0 aromatic heterocycles. The lowest BCUT2D eigenvalue weighted by molar-refractivity contribution is -0.149. The van der Waals surface area contributed by atoms with Crippen molar-refractivity contribution in [2.75, 3.05) is 19.8 Å². The van der Waals surface area contributed by atoms with Crippen LogP contribution in [0.15, 0.2) is 59.5 Å². The van der Waals surface area contributed by atoms with Gasteiger partial charge in [-0.05, 0) is 55.7 Å². The maximum absolute atomic E-state index is 12.9. The highest BCUT2D eigenvalue weighted by Gasteiger charge is 2.38. The largest absolute Gasteiger partial charge is 0.490 e. The van der Waals surface area contributed by atoms with Crippen LogP contribution in [0.3, 0.4) is 0 Å². The molecule has 0 saturated carbocycles. The Kier molecular flexibility index (Phi) is 6.86. The van der Waals surface area contributed by atoms with E-state index in [9.17, 15) is 13.2 Å². The molecule has 0 radical (unpaired) electrons. The lowest BCUT2D eigenvalue weighted by Gasteiger charge is -2.33. The van der Waals surface area contributed by atoms with Gasteiger partial charge in [-0.2, -0.15) is 9.57 Å². The number of nitriles is 1. The Morgan fingerprint density at radius 2 is 1.79 bits per heavy atom. The molecule has 1 heterocycles. The molecule has 1 fully saturated rings. The standard InChI is InChI=1S/C21H22N2O5S/c22-16-17-9-11-18(12-10-17)27-14-15-28-21(24)20-8-4-5-13-23(20)29(25,26)19-6-2-1-3-7-19/h1-3,6-7,9-12,20H,4-5,8,13-15H2/t20-/m1/s1. The first kappa shape index (κ1) is 20.8. The zero-order valence-electron chi connectivity index (χ0n) is 15.9. The smallest absolute Gasteiger partial charge is 0.324 e. The van der Waals surface area contributed by atoms with Crippen molar-refractivity contribution in [3.8, 4) is 11.8 Å². The minimum Gasteiger partial charge on any atom is -0.490 e. The molecule has 0 spiro atoms. The van der Waals surface area contributed by atoms with Crippen LogP contribution in [0.25, 0.3) is 0 Å². The van der Waals surface area contributed by atoms with E-state index in [1.165, 1.54) is 16.4 Å². The summed E-state index contributed by atoms with van der Waals surface area (Å²) in [4.78, 5) is 12.7. The number of esters is 1. The van der Waals surface area contributed by atoms with Crippen LogP contribution in [-0.4, -0.2) is 44.5 Å². The minimum atomic E-state index is -3.76. The highest BCUT2D eigenvalue weighted by Crippen LogP contribution is 2.26. The lowest BCUT2D eigenvalue weighted by atomic mass is 10.1. The van der Waals surface area contributed by atoms with Crippen LogP contribution in [0.4, 0.5) is 0 Å². The lowest BCUT2D eigenvalue weighted by Crippen LogP contribution is -2.48. The van der Waals surface area contributed by atoms with Gasteiger partial charge in [-0.15, -0.1) is 0 Å². The van der Waals surface area contributed by atoms with Gasteiger partial charge in [0.05, 0.1) is 16.5 Å². The van der Waals surface area contributed by atoms with Gasteiger partial charge in [-0.1, -0.05) is 18.2 Å². The number of hydrogen-bond donors (Lipinski definition) is 0. The molecule has 0 N–H and O–H groups in total. The maximum Gasteiger partial charge on any atom is 0.324 e. The molecule has 2 aromatic carbocycles. The van der Waals surface area contributed by atoms with Crippen molar-refractivity contribution >= 4 is 16.0 Å². The van der Waals surface area contributed by atoms with E-state index in [0.29, 0.717) is 30.7 Å². The summed E-state index contributed by atoms with van der Waals surface area (Å²) in [6.07, 6.45) is 1.90. The van der Waals surface area contributed by atoms with E-state index in [4.69, 9.17) is 14.7 Å². The number of carbonyl (C=O) groups is 1. The van der Waals surface area contributed by atoms with Gasteiger partial charge < -0.3 is 9.47 Å². The topological polar surface area (TPSA) is 96.7 Å². The normalized spacial score (nSPS) is 17.3. The van der Waals surface area contributed by atoms with Gasteiger partial charge in [0.2, 0.25) is 10.0 Å². The molecule has 1 aliphatic rings. The van der Waals surface area contributed by atoms with E-state index in [0.717, 1.165) is 6.42 Å². The fourth-order valence-electron chi connectivity index (χ4n) is 3.18. The van der Waals surface area contributed by atoms with Crippen molar-refractivity contribution in [2.24, 2.45) is 0 Å². The van der Waals surface area contributed by atoms with E-state index < -0.39 is 22.0 Å². The summed E-state index contributed by atoms with van der Waals surface area (Å²) in [7, 11) is -3.76. The third kappa shape index (κ3) is 5.13. The molecule has 0 aliphatic carbocycles. The van der Waals surface area contributed by atoms with Crippen LogP contribution in [-0.2, 0) is 19.6 Å². The SMILES string of the molecule is N#Cc1ccc(OCCOC(=O)[C@H]2CCCCN2S(=O)(=O)c2ccccc2)cc1. The van der Waals surface area contributed by atoms with Gasteiger partial charge in [-0.25, -0.2) is 8.42 Å². The van der Waals surface area contributed by atoms with E-state index in [1.54, 1.807) is 42.5 Å². The Labute approximate surface area is 170 Å². The highest BCUT2D eigenvalue weighted by atomic mass is 32.2. The summed E-state index contributed by atoms with van der Waals surface area (Å²) in [5.41, 5.74) is 0.529. The van der Waals surface area contributed by atoms with Crippen LogP contribution < -0.4 is 4.74 Å². The van der Waals surface area contributed by atoms with Crippen molar-refractivity contribution < 1.29 is 22.7 Å². The molecule has 7 nitrogen and oxygen atoms in total. The molecule has 1 saturated heterocycles. The summed E-state index contributed by atoms with van der Waals surface area (Å²) < 4.78 is 37.9. The zero-order valence-corrected chi connectivity index (χ0v) is 16.7. The summed E-state index contributed by atoms with van der Waals surface area (Å²) >= 11 is 0. The van der Waals surface area contributed by atoms with Crippen molar-refractivity contribution in [1.29, 1.82) is 5.26 Å². The summed E-state index contributed by atoms with van der Waals surface area (Å²) in [5, 5.41) is 8.78. The molecule has 3 rings (SSSR count). The number of carbonyl (C=O) groups excluding carboxylic acids is 1. The number of benzene rings is 2. The number of piperidine rings is 1. The van der Waals surface area contributed by atoms with Gasteiger partial charge >= 0.3 is 5.97 Å². The molecule has 8 heteroatoms. The predicted octanol–water partition coefficient (Wildman–Crippen LogP) is 2.72. The van der Waals surface area contributed by atoms with Crippen LogP contribution in [0.5, 0.6) is 5.75 Å². The first-order chi connectivity index (χ1) is 14.0. The summed E-state index contributed by atoms with van der Waals surface area (Å²) in [6.45, 7) is 0.434. The van der Waals surface area contributed by atoms with Crippen molar-refractivity contribution in [3.05, 3.63) is 60.2 Å². The Balaban J connectivity index is 1.57. The molecule has 0 bridgehead atoms. The fourth-order valence-corrected chi connectivity index (χ4v) is 4.85. The van der Waals surface area contributed by atoms with E-state index in [1.807, 2.05) is 6.07 Å². The molecular formula is C21H22N2O5S. The number of hydrogen-bond acceptors (Lipinski definition) is 6. The number of nitrogens with zero attached hydrogens (tertiary/aromatic N) is 2. The summed E-state index contributed by atoms with van der Waals surface area (Å²) in [5.74, 6) is -0.00127. The monoisotopic (exact) mass is 414 g/mol. The Bertz CT molecular complexity index is 968. The van der Waals surface area contributed by atoms with E-state index in [2.05, 4.69) is 0 Å². The van der Waals surface area contributed by atoms with Crippen LogP contribution in [0.2, 0.25) is 0 Å². The van der Waals surface area contributed by atoms with E-state index in [-0.39, 0.29) is 18.1 Å². The highest BCUT2D eigenvalue weighted by molar-refractivity contribution is 7.89. The number of sulfonamides is 1. The van der Waals surface area contributed by atoms with E-state index >= 15 is 0 Å². The number of ether oxygens (including phenoxy) is 2. The quantitative estimate of drug-likeness (QED) is 0.510. The van der Waals surface area contributed by atoms with Crippen molar-refractivity contribution in [3.63, 3.8) is 0 Å². The molecule has 152 valence electrons. The molecule has 1 aliphatic heterocycles. The molecule has 0 unspecified atom stereocenters. The third-order valence-electron chi connectivity index (χ3n) is 4.66. The Morgan fingerprint density at radius 3 is 2.48 bits per heavy atom. The van der Waals surface area contributed by atoms with Gasteiger partial charge in [0, 0.05) is 6.54 Å². The average molecular weight is 414 g/mol. The Morgan fingerprint density at radius 1 is 1.07 bits per heavy atom. The van der Waals surface area contributed by atoms with Gasteiger partial charge in [-0.3, -0.25) is 4.79 Å². The first-order valence-corrected chi connectivity index (χ1v) is 10.8. The second-order valence-corrected chi connectivity index (χ2v) is 8.48. The third-order valence-corrected chi connectivity index (χ3v) is 6.58. The van der Waals surface area contributed by atoms with Crippen LogP contribution in [0.1, 0.15) is 24.8 Å². The molecule has 29 heavy (non-hydrogen) atoms. The molecule has 1 atom stereocenters. The molecular weight excluding hydrogens is 392 g/mol. The predicted molar refractivity (Wildman–Crippen MR) is 106 cm³/mol. The fraction of sp³-hybridized carbons (Fsp3) is 0.333. The molecule has 2 aromatic rings. The van der Waals surface area contributed by atoms with Crippen LogP contribution in [0, 0.1) is 11.3 Å². The van der Waals surface area contributed by atoms with Crippen molar-refractivity contribution in [2.45, 2.75) is 30.2 Å². The Hall–Kier alpha value is -2.89. The van der Waals surface area contributed by atoms with Gasteiger partial charge in [0.25, 0.3) is 0 Å². The van der Waals surface area contributed by atoms with Gasteiger partial charge in [0.15, 0.2) is 0 Å². The molecule has 0 amide bonds. The first-order valence-electron chi connectivity index (χ1n) is 9.39. The summed E-state index contributed by atoms with van der Waals surface area (Å²) in [6, 6.07) is 15.9. The maximum atomic E-state index is 12.9. The van der Waals surface area contributed by atoms with Crippen LogP contribution >= 0.6 is 0 Å². The second kappa shape index (κ2) is 9.54. The van der Waals surface area contributed by atoms with Gasteiger partial charge in [0.1, 0.15) is 25.0 Å². The van der Waals surface area contributed by atoms with Crippen molar-refractivity contribution in [1.82, 2.24) is 4.31 Å².